The molecule has 0 unspecified atom stereocenters. The lowest BCUT2D eigenvalue weighted by atomic mass is 9.86. The number of nitrogens with zero attached hydrogens (tertiary/aromatic N) is 1. The molecule has 6 heteroatoms. The predicted octanol–water partition coefficient (Wildman–Crippen LogP) is 3.49. The average molecular weight is 379 g/mol. The lowest BCUT2D eigenvalue weighted by Gasteiger charge is -2.25. The van der Waals surface area contributed by atoms with E-state index in [9.17, 15) is 14.4 Å². The molecule has 4 amide bonds. The summed E-state index contributed by atoms with van der Waals surface area (Å²) < 4.78 is 0. The quantitative estimate of drug-likeness (QED) is 0.798. The van der Waals surface area contributed by atoms with E-state index in [-0.39, 0.29) is 5.41 Å². The number of rotatable bonds is 4. The fourth-order valence-electron chi connectivity index (χ4n) is 3.33. The van der Waals surface area contributed by atoms with E-state index in [1.807, 2.05) is 37.3 Å². The molecule has 2 aromatic carbocycles. The molecule has 3 rings (SSSR count). The molecule has 0 aromatic heterocycles. The van der Waals surface area contributed by atoms with Gasteiger partial charge < -0.3 is 5.32 Å². The van der Waals surface area contributed by atoms with Gasteiger partial charge in [-0.2, -0.15) is 5.01 Å². The second-order valence-corrected chi connectivity index (χ2v) is 7.96. The molecule has 2 N–H and O–H groups in total. The number of carbonyl (C=O) groups excluding carboxylic acids is 3. The molecule has 2 aromatic rings. The number of benzene rings is 2. The van der Waals surface area contributed by atoms with Crippen LogP contribution in [0.15, 0.2) is 54.6 Å². The van der Waals surface area contributed by atoms with E-state index in [0.717, 1.165) is 10.6 Å². The molecular weight excluding hydrogens is 354 g/mol. The topological polar surface area (TPSA) is 78.5 Å². The third-order valence-corrected chi connectivity index (χ3v) is 5.11. The smallest absolute Gasteiger partial charge is 0.318 e. The molecule has 1 aliphatic rings. The molecule has 1 atom stereocenters. The highest BCUT2D eigenvalue weighted by Gasteiger charge is 2.52. The van der Waals surface area contributed by atoms with Crippen molar-refractivity contribution in [3.8, 4) is 0 Å². The summed E-state index contributed by atoms with van der Waals surface area (Å²) >= 11 is 0. The normalized spacial score (nSPS) is 19.5. The zero-order valence-electron chi connectivity index (χ0n) is 16.6. The van der Waals surface area contributed by atoms with Crippen LogP contribution < -0.4 is 10.7 Å². The van der Waals surface area contributed by atoms with Gasteiger partial charge in [0.1, 0.15) is 5.54 Å². The van der Waals surface area contributed by atoms with Gasteiger partial charge in [-0.3, -0.25) is 15.0 Å². The fourth-order valence-corrected chi connectivity index (χ4v) is 3.33. The summed E-state index contributed by atoms with van der Waals surface area (Å²) in [6, 6.07) is 15.5. The fraction of sp³-hybridized carbons (Fsp3) is 0.318. The van der Waals surface area contributed by atoms with Gasteiger partial charge in [-0.1, -0.05) is 70.2 Å². The maximum Gasteiger partial charge on any atom is 0.344 e. The van der Waals surface area contributed by atoms with Crippen LogP contribution in [0, 0.1) is 0 Å². The van der Waals surface area contributed by atoms with Crippen molar-refractivity contribution >= 4 is 17.8 Å². The molecular formula is C22H25N3O3. The second-order valence-electron chi connectivity index (χ2n) is 7.96. The van der Waals surface area contributed by atoms with Gasteiger partial charge in [-0.15, -0.1) is 0 Å². The summed E-state index contributed by atoms with van der Waals surface area (Å²) in [6.07, 6.45) is 0.369. The Morgan fingerprint density at radius 1 is 1.04 bits per heavy atom. The van der Waals surface area contributed by atoms with Crippen LogP contribution in [0.5, 0.6) is 0 Å². The van der Waals surface area contributed by atoms with Crippen LogP contribution in [-0.4, -0.2) is 22.9 Å². The van der Waals surface area contributed by atoms with Gasteiger partial charge in [0, 0.05) is 5.56 Å². The van der Waals surface area contributed by atoms with E-state index in [2.05, 4.69) is 31.5 Å². The molecule has 1 saturated heterocycles. The monoisotopic (exact) mass is 379 g/mol. The molecule has 0 spiro atoms. The van der Waals surface area contributed by atoms with Crippen molar-refractivity contribution in [3.05, 3.63) is 71.3 Å². The van der Waals surface area contributed by atoms with E-state index in [4.69, 9.17) is 0 Å². The molecule has 6 nitrogen and oxygen atoms in total. The molecule has 1 fully saturated rings. The first-order valence-electron chi connectivity index (χ1n) is 9.33. The summed E-state index contributed by atoms with van der Waals surface area (Å²) in [4.78, 5) is 38.1. The van der Waals surface area contributed by atoms with Crippen LogP contribution in [0.25, 0.3) is 0 Å². The molecule has 146 valence electrons. The molecule has 0 bridgehead atoms. The van der Waals surface area contributed by atoms with Gasteiger partial charge in [0.25, 0.3) is 11.8 Å². The van der Waals surface area contributed by atoms with Crippen molar-refractivity contribution in [1.29, 1.82) is 0 Å². The molecule has 0 radical (unpaired) electrons. The zero-order chi connectivity index (χ0) is 20.5. The molecule has 1 heterocycles. The van der Waals surface area contributed by atoms with Gasteiger partial charge in [-0.25, -0.2) is 4.79 Å². The van der Waals surface area contributed by atoms with E-state index < -0.39 is 23.4 Å². The van der Waals surface area contributed by atoms with Crippen LogP contribution in [0.3, 0.4) is 0 Å². The second kappa shape index (κ2) is 7.11. The zero-order valence-corrected chi connectivity index (χ0v) is 16.6. The maximum absolute atomic E-state index is 13.0. The first-order valence-corrected chi connectivity index (χ1v) is 9.33. The number of hydrogen-bond acceptors (Lipinski definition) is 3. The maximum atomic E-state index is 13.0. The number of imide groups is 1. The lowest BCUT2D eigenvalue weighted by molar-refractivity contribution is -0.133. The molecule has 28 heavy (non-hydrogen) atoms. The third-order valence-electron chi connectivity index (χ3n) is 5.11. The highest BCUT2D eigenvalue weighted by atomic mass is 16.2. The lowest BCUT2D eigenvalue weighted by Crippen LogP contribution is -2.48. The van der Waals surface area contributed by atoms with Crippen molar-refractivity contribution in [2.24, 2.45) is 0 Å². The summed E-state index contributed by atoms with van der Waals surface area (Å²) in [7, 11) is 0. The average Bonchev–Trinajstić information content (AvgIpc) is 2.93. The Morgan fingerprint density at radius 2 is 1.64 bits per heavy atom. The van der Waals surface area contributed by atoms with Crippen molar-refractivity contribution in [3.63, 3.8) is 0 Å². The highest BCUT2D eigenvalue weighted by Crippen LogP contribution is 2.31. The Hall–Kier alpha value is -3.15. The molecule has 0 saturated carbocycles. The van der Waals surface area contributed by atoms with E-state index in [1.165, 1.54) is 0 Å². The van der Waals surface area contributed by atoms with Crippen LogP contribution in [0.1, 0.15) is 55.6 Å². The van der Waals surface area contributed by atoms with Crippen LogP contribution in [0.4, 0.5) is 4.79 Å². The first kappa shape index (κ1) is 19.6. The largest absolute Gasteiger partial charge is 0.344 e. The molecule has 1 aliphatic heterocycles. The standard InChI is InChI=1S/C22H25N3O3/c1-5-22(17-9-7-6-8-10-17)19(27)25(20(28)23-22)24-18(26)15-11-13-16(14-12-15)21(2,3)4/h6-14H,5H2,1-4H3,(H,23,28)(H,24,26)/t22-/m1/s1. The van der Waals surface area contributed by atoms with Crippen molar-refractivity contribution in [1.82, 2.24) is 15.8 Å². The van der Waals surface area contributed by atoms with Gasteiger partial charge >= 0.3 is 6.03 Å². The molecule has 0 aliphatic carbocycles. The highest BCUT2D eigenvalue weighted by molar-refractivity contribution is 6.09. The van der Waals surface area contributed by atoms with Gasteiger partial charge in [0.05, 0.1) is 0 Å². The number of carbonyl (C=O) groups is 3. The summed E-state index contributed by atoms with van der Waals surface area (Å²) in [5, 5.41) is 3.52. The van der Waals surface area contributed by atoms with Crippen molar-refractivity contribution in [2.75, 3.05) is 0 Å². The number of amides is 4. The summed E-state index contributed by atoms with van der Waals surface area (Å²) in [5.41, 5.74) is 3.38. The predicted molar refractivity (Wildman–Crippen MR) is 106 cm³/mol. The SMILES string of the molecule is CC[C@]1(c2ccccc2)NC(=O)N(NC(=O)c2ccc(C(C)(C)C)cc2)C1=O. The minimum atomic E-state index is -1.18. The van der Waals surface area contributed by atoms with Crippen LogP contribution in [0.2, 0.25) is 0 Å². The Balaban J connectivity index is 1.82. The van der Waals surface area contributed by atoms with E-state index >= 15 is 0 Å². The Labute approximate surface area is 164 Å². The summed E-state index contributed by atoms with van der Waals surface area (Å²) in [5.74, 6) is -1.00. The van der Waals surface area contributed by atoms with Crippen molar-refractivity contribution < 1.29 is 14.4 Å². The van der Waals surface area contributed by atoms with E-state index in [0.29, 0.717) is 17.5 Å². The van der Waals surface area contributed by atoms with Gasteiger partial charge in [-0.05, 0) is 35.1 Å². The Morgan fingerprint density at radius 3 is 2.18 bits per heavy atom. The first-order chi connectivity index (χ1) is 13.2. The van der Waals surface area contributed by atoms with E-state index in [1.54, 1.807) is 24.3 Å². The Bertz CT molecular complexity index is 901. The van der Waals surface area contributed by atoms with Crippen LogP contribution in [-0.2, 0) is 15.7 Å². The number of nitrogens with one attached hydrogen (secondary N) is 2. The minimum absolute atomic E-state index is 0.0315. The third kappa shape index (κ3) is 3.38. The number of hydrazine groups is 1. The van der Waals surface area contributed by atoms with Gasteiger partial charge in [0.15, 0.2) is 0 Å². The van der Waals surface area contributed by atoms with Gasteiger partial charge in [0.2, 0.25) is 0 Å². The van der Waals surface area contributed by atoms with Crippen molar-refractivity contribution in [2.45, 2.75) is 45.1 Å². The summed E-state index contributed by atoms with van der Waals surface area (Å²) in [6.45, 7) is 8.08. The van der Waals surface area contributed by atoms with Crippen LogP contribution >= 0.6 is 0 Å². The Kier molecular flexibility index (Phi) is 4.98. The number of hydrogen-bond donors (Lipinski definition) is 2. The number of urea groups is 1. The minimum Gasteiger partial charge on any atom is -0.318 e.